The Morgan fingerprint density at radius 1 is 1.00 bits per heavy atom. The Bertz CT molecular complexity index is 1470. The summed E-state index contributed by atoms with van der Waals surface area (Å²) in [6.45, 7) is 2.11. The number of nitriles is 1. The van der Waals surface area contributed by atoms with E-state index in [4.69, 9.17) is 10.5 Å². The predicted octanol–water partition coefficient (Wildman–Crippen LogP) is 4.52. The molecule has 0 radical (unpaired) electrons. The fourth-order valence-electron chi connectivity index (χ4n) is 4.40. The number of anilines is 1. The van der Waals surface area contributed by atoms with Crippen molar-refractivity contribution in [2.24, 2.45) is 5.73 Å². The van der Waals surface area contributed by atoms with Gasteiger partial charge in [-0.1, -0.05) is 66.7 Å². The summed E-state index contributed by atoms with van der Waals surface area (Å²) in [5, 5.41) is 9.89. The standard InChI is InChI=1S/C26H21N3O3S/c1-17-9-5-6-12-19(17)16-29-22-14-8-7-13-20(22)24-25(33(29,30)31)23(18-10-3-2-4-11-18)21(15-27)26(28)32-24/h2-14,23H,16,28H2,1H3. The third-order valence-corrected chi connectivity index (χ3v) is 7.95. The smallest absolute Gasteiger partial charge is 0.265 e. The van der Waals surface area contributed by atoms with E-state index < -0.39 is 15.9 Å². The number of nitrogens with zero attached hydrogens (tertiary/aromatic N) is 2. The molecule has 2 aliphatic rings. The van der Waals surface area contributed by atoms with E-state index in [2.05, 4.69) is 6.07 Å². The van der Waals surface area contributed by atoms with E-state index in [1.54, 1.807) is 24.3 Å². The Kier molecular flexibility index (Phi) is 4.95. The summed E-state index contributed by atoms with van der Waals surface area (Å²) in [6.07, 6.45) is 0. The van der Waals surface area contributed by atoms with Gasteiger partial charge in [0.1, 0.15) is 16.5 Å². The number of fused-ring (bicyclic) bond motifs is 2. The Morgan fingerprint density at radius 3 is 2.39 bits per heavy atom. The molecule has 1 unspecified atom stereocenters. The average Bonchev–Trinajstić information content (AvgIpc) is 2.82. The third kappa shape index (κ3) is 3.27. The molecule has 0 fully saturated rings. The van der Waals surface area contributed by atoms with Crippen molar-refractivity contribution in [2.75, 3.05) is 4.31 Å². The highest BCUT2D eigenvalue weighted by molar-refractivity contribution is 7.96. The summed E-state index contributed by atoms with van der Waals surface area (Å²) < 4.78 is 35.6. The molecule has 7 heteroatoms. The fourth-order valence-corrected chi connectivity index (χ4v) is 6.30. The topological polar surface area (TPSA) is 96.4 Å². The van der Waals surface area contributed by atoms with Gasteiger partial charge in [-0.25, -0.2) is 8.42 Å². The van der Waals surface area contributed by atoms with Crippen molar-refractivity contribution in [2.45, 2.75) is 19.4 Å². The van der Waals surface area contributed by atoms with Crippen LogP contribution in [0.5, 0.6) is 0 Å². The van der Waals surface area contributed by atoms with Gasteiger partial charge in [-0.2, -0.15) is 5.26 Å². The maximum absolute atomic E-state index is 14.2. The molecule has 5 rings (SSSR count). The Morgan fingerprint density at radius 2 is 1.67 bits per heavy atom. The summed E-state index contributed by atoms with van der Waals surface area (Å²) >= 11 is 0. The van der Waals surface area contributed by atoms with Gasteiger partial charge in [0, 0.05) is 5.56 Å². The quantitative estimate of drug-likeness (QED) is 0.626. The minimum atomic E-state index is -4.07. The first-order chi connectivity index (χ1) is 15.9. The molecule has 0 saturated heterocycles. The lowest BCUT2D eigenvalue weighted by molar-refractivity contribution is 0.357. The molecule has 0 aliphatic carbocycles. The molecule has 2 heterocycles. The van der Waals surface area contributed by atoms with Crippen LogP contribution in [-0.4, -0.2) is 8.42 Å². The summed E-state index contributed by atoms with van der Waals surface area (Å²) in [5.74, 6) is -0.767. The summed E-state index contributed by atoms with van der Waals surface area (Å²) in [4.78, 5) is 0.0340. The SMILES string of the molecule is Cc1ccccc1CN1c2ccccc2C2=C(C(c3ccccc3)C(C#N)=C(N)O2)S1(=O)=O. The van der Waals surface area contributed by atoms with Gasteiger partial charge in [-0.05, 0) is 35.7 Å². The first-order valence-electron chi connectivity index (χ1n) is 10.5. The third-order valence-electron chi connectivity index (χ3n) is 6.07. The molecule has 2 aliphatic heterocycles. The second kappa shape index (κ2) is 7.84. The van der Waals surface area contributed by atoms with Gasteiger partial charge in [0.05, 0.1) is 18.2 Å². The Hall–Kier alpha value is -4.02. The average molecular weight is 456 g/mol. The minimum Gasteiger partial charge on any atom is -0.439 e. The first kappa shape index (κ1) is 20.9. The highest BCUT2D eigenvalue weighted by Gasteiger charge is 2.47. The van der Waals surface area contributed by atoms with Crippen LogP contribution >= 0.6 is 0 Å². The lowest BCUT2D eigenvalue weighted by atomic mass is 9.88. The molecule has 1 atom stereocenters. The van der Waals surface area contributed by atoms with Crippen molar-refractivity contribution in [3.63, 3.8) is 0 Å². The highest BCUT2D eigenvalue weighted by atomic mass is 32.2. The van der Waals surface area contributed by atoms with E-state index in [-0.39, 0.29) is 28.7 Å². The minimum absolute atomic E-state index is 0.0340. The zero-order valence-electron chi connectivity index (χ0n) is 17.9. The monoisotopic (exact) mass is 455 g/mol. The van der Waals surface area contributed by atoms with Crippen LogP contribution in [0.4, 0.5) is 5.69 Å². The molecule has 0 bridgehead atoms. The lowest BCUT2D eigenvalue weighted by Crippen LogP contribution is -2.39. The highest BCUT2D eigenvalue weighted by Crippen LogP contribution is 2.51. The number of benzene rings is 3. The summed E-state index contributed by atoms with van der Waals surface area (Å²) in [5.41, 5.74) is 9.90. The van der Waals surface area contributed by atoms with Crippen LogP contribution in [0.2, 0.25) is 0 Å². The van der Waals surface area contributed by atoms with E-state index >= 15 is 0 Å². The molecular weight excluding hydrogens is 434 g/mol. The van der Waals surface area contributed by atoms with Gasteiger partial charge in [0.15, 0.2) is 5.76 Å². The molecule has 0 spiro atoms. The van der Waals surface area contributed by atoms with Crippen molar-refractivity contribution in [1.29, 1.82) is 5.26 Å². The zero-order valence-corrected chi connectivity index (χ0v) is 18.7. The Labute approximate surface area is 192 Å². The van der Waals surface area contributed by atoms with E-state index in [0.29, 0.717) is 16.8 Å². The molecule has 0 saturated carbocycles. The molecule has 33 heavy (non-hydrogen) atoms. The summed E-state index contributed by atoms with van der Waals surface area (Å²) in [7, 11) is -4.07. The normalized spacial score (nSPS) is 18.8. The van der Waals surface area contributed by atoms with E-state index in [1.165, 1.54) is 4.31 Å². The van der Waals surface area contributed by atoms with Crippen LogP contribution in [0.3, 0.4) is 0 Å². The van der Waals surface area contributed by atoms with Gasteiger partial charge in [-0.15, -0.1) is 0 Å². The number of rotatable bonds is 3. The number of hydrogen-bond acceptors (Lipinski definition) is 5. The zero-order chi connectivity index (χ0) is 23.2. The second-order valence-corrected chi connectivity index (χ2v) is 9.81. The van der Waals surface area contributed by atoms with Crippen molar-refractivity contribution >= 4 is 21.5 Å². The molecule has 0 amide bonds. The maximum atomic E-state index is 14.2. The number of nitrogens with two attached hydrogens (primary N) is 1. The predicted molar refractivity (Wildman–Crippen MR) is 127 cm³/mol. The number of aryl methyl sites for hydroxylation is 1. The Balaban J connectivity index is 1.77. The first-order valence-corrected chi connectivity index (χ1v) is 11.9. The van der Waals surface area contributed by atoms with Gasteiger partial charge >= 0.3 is 0 Å². The fraction of sp³-hybridized carbons (Fsp3) is 0.115. The number of para-hydroxylation sites is 1. The molecule has 164 valence electrons. The maximum Gasteiger partial charge on any atom is 0.265 e. The van der Waals surface area contributed by atoms with Gasteiger partial charge in [0.2, 0.25) is 5.88 Å². The molecule has 3 aromatic carbocycles. The largest absolute Gasteiger partial charge is 0.439 e. The molecular formula is C26H21N3O3S. The van der Waals surface area contributed by atoms with E-state index in [1.807, 2.05) is 61.5 Å². The van der Waals surface area contributed by atoms with E-state index in [9.17, 15) is 13.7 Å². The van der Waals surface area contributed by atoms with Crippen LogP contribution in [0.15, 0.2) is 95.2 Å². The molecule has 0 aromatic heterocycles. The number of allylic oxidation sites excluding steroid dienone is 2. The van der Waals surface area contributed by atoms with Crippen molar-refractivity contribution in [3.05, 3.63) is 117 Å². The molecule has 6 nitrogen and oxygen atoms in total. The molecule has 2 N–H and O–H groups in total. The van der Waals surface area contributed by atoms with Crippen molar-refractivity contribution < 1.29 is 13.2 Å². The van der Waals surface area contributed by atoms with Crippen molar-refractivity contribution in [1.82, 2.24) is 0 Å². The van der Waals surface area contributed by atoms with E-state index in [0.717, 1.165) is 11.1 Å². The van der Waals surface area contributed by atoms with Gasteiger partial charge in [0.25, 0.3) is 10.0 Å². The molecule has 3 aromatic rings. The number of sulfonamides is 1. The number of hydrogen-bond donors (Lipinski definition) is 1. The summed E-state index contributed by atoms with van der Waals surface area (Å²) in [6, 6.07) is 26.0. The van der Waals surface area contributed by atoms with Crippen LogP contribution in [0, 0.1) is 18.3 Å². The second-order valence-electron chi connectivity index (χ2n) is 7.98. The van der Waals surface area contributed by atoms with Crippen LogP contribution in [0.1, 0.15) is 28.2 Å². The van der Waals surface area contributed by atoms with Crippen LogP contribution in [0.25, 0.3) is 5.76 Å². The van der Waals surface area contributed by atoms with Crippen LogP contribution in [-0.2, 0) is 21.3 Å². The van der Waals surface area contributed by atoms with Crippen molar-refractivity contribution in [3.8, 4) is 6.07 Å². The lowest BCUT2D eigenvalue weighted by Gasteiger charge is -2.38. The van der Waals surface area contributed by atoms with Gasteiger partial charge in [-0.3, -0.25) is 4.31 Å². The van der Waals surface area contributed by atoms with Gasteiger partial charge < -0.3 is 10.5 Å². The number of ether oxygens (including phenoxy) is 1. The van der Waals surface area contributed by atoms with Crippen LogP contribution < -0.4 is 10.0 Å².